The number of hydrogen-bond acceptors (Lipinski definition) is 5. The van der Waals surface area contributed by atoms with E-state index in [9.17, 15) is 5.11 Å². The van der Waals surface area contributed by atoms with Gasteiger partial charge in [-0.05, 0) is 17.7 Å². The van der Waals surface area contributed by atoms with Crippen LogP contribution < -0.4 is 5.32 Å². The predicted octanol–water partition coefficient (Wildman–Crippen LogP) is 1.36. The predicted molar refractivity (Wildman–Crippen MR) is 82.4 cm³/mol. The summed E-state index contributed by atoms with van der Waals surface area (Å²) in [6.45, 7) is 6.50. The van der Waals surface area contributed by atoms with Crippen LogP contribution in [0.3, 0.4) is 0 Å². The lowest BCUT2D eigenvalue weighted by molar-refractivity contribution is 0.0384. The number of pyridine rings is 1. The standard InChI is InChI=1S/C16H21N3O2/c20-15-4-3-13(14-2-1-5-18-16(14)15)12-17-6-7-19-8-10-21-11-9-19/h1-5,17,20H,6-12H2. The van der Waals surface area contributed by atoms with Crippen molar-refractivity contribution in [2.24, 2.45) is 0 Å². The van der Waals surface area contributed by atoms with E-state index in [0.717, 1.165) is 56.9 Å². The third kappa shape index (κ3) is 3.50. The average Bonchev–Trinajstić information content (AvgIpc) is 2.55. The van der Waals surface area contributed by atoms with E-state index in [1.165, 1.54) is 0 Å². The Balaban J connectivity index is 1.57. The number of morpholine rings is 1. The van der Waals surface area contributed by atoms with Gasteiger partial charge >= 0.3 is 0 Å². The van der Waals surface area contributed by atoms with Gasteiger partial charge in [-0.25, -0.2) is 0 Å². The minimum atomic E-state index is 0.239. The molecule has 0 bridgehead atoms. The first-order valence-corrected chi connectivity index (χ1v) is 7.41. The van der Waals surface area contributed by atoms with E-state index in [1.54, 1.807) is 12.3 Å². The molecular weight excluding hydrogens is 266 g/mol. The van der Waals surface area contributed by atoms with Gasteiger partial charge in [-0.15, -0.1) is 0 Å². The molecule has 0 radical (unpaired) electrons. The molecular formula is C16H21N3O2. The van der Waals surface area contributed by atoms with E-state index in [1.807, 2.05) is 18.2 Å². The number of nitrogens with one attached hydrogen (secondary N) is 1. The minimum absolute atomic E-state index is 0.239. The van der Waals surface area contributed by atoms with Crippen molar-refractivity contribution in [2.45, 2.75) is 6.54 Å². The molecule has 1 aliphatic rings. The van der Waals surface area contributed by atoms with Gasteiger partial charge in [0.2, 0.25) is 0 Å². The van der Waals surface area contributed by atoms with Gasteiger partial charge in [-0.1, -0.05) is 12.1 Å². The molecule has 1 aromatic heterocycles. The van der Waals surface area contributed by atoms with E-state index in [4.69, 9.17) is 4.74 Å². The lowest BCUT2D eigenvalue weighted by Gasteiger charge is -2.26. The second kappa shape index (κ2) is 6.85. The number of phenolic OH excluding ortho intramolecular Hbond substituents is 1. The van der Waals surface area contributed by atoms with Crippen molar-refractivity contribution in [3.8, 4) is 5.75 Å². The van der Waals surface area contributed by atoms with Gasteiger partial charge in [-0.2, -0.15) is 0 Å². The van der Waals surface area contributed by atoms with Crippen LogP contribution in [0.15, 0.2) is 30.5 Å². The fraction of sp³-hybridized carbons (Fsp3) is 0.438. The molecule has 0 aliphatic carbocycles. The van der Waals surface area contributed by atoms with Crippen LogP contribution in [0.1, 0.15) is 5.56 Å². The molecule has 0 atom stereocenters. The van der Waals surface area contributed by atoms with Gasteiger partial charge in [0.1, 0.15) is 11.3 Å². The zero-order chi connectivity index (χ0) is 14.5. The largest absolute Gasteiger partial charge is 0.506 e. The summed E-state index contributed by atoms with van der Waals surface area (Å²) < 4.78 is 5.34. The topological polar surface area (TPSA) is 57.6 Å². The third-order valence-electron chi connectivity index (χ3n) is 3.86. The lowest BCUT2D eigenvalue weighted by atomic mass is 10.1. The summed E-state index contributed by atoms with van der Waals surface area (Å²) >= 11 is 0. The Labute approximate surface area is 124 Å². The summed E-state index contributed by atoms with van der Waals surface area (Å²) in [4.78, 5) is 6.65. The molecule has 1 saturated heterocycles. The lowest BCUT2D eigenvalue weighted by Crippen LogP contribution is -2.40. The molecule has 1 aliphatic heterocycles. The van der Waals surface area contributed by atoms with Gasteiger partial charge in [0, 0.05) is 44.3 Å². The quantitative estimate of drug-likeness (QED) is 0.813. The summed E-state index contributed by atoms with van der Waals surface area (Å²) in [6, 6.07) is 7.58. The molecule has 3 rings (SSSR count). The Bertz CT molecular complexity index is 597. The summed E-state index contributed by atoms with van der Waals surface area (Å²) in [5, 5.41) is 14.3. The molecule has 0 saturated carbocycles. The van der Waals surface area contributed by atoms with Crippen LogP contribution in [0.25, 0.3) is 10.9 Å². The smallest absolute Gasteiger partial charge is 0.141 e. The second-order valence-electron chi connectivity index (χ2n) is 5.27. The van der Waals surface area contributed by atoms with Crippen molar-refractivity contribution in [1.29, 1.82) is 0 Å². The highest BCUT2D eigenvalue weighted by molar-refractivity contribution is 5.87. The van der Waals surface area contributed by atoms with Crippen LogP contribution in [0.5, 0.6) is 5.75 Å². The Morgan fingerprint density at radius 2 is 2.10 bits per heavy atom. The highest BCUT2D eigenvalue weighted by Crippen LogP contribution is 2.25. The van der Waals surface area contributed by atoms with Crippen LogP contribution in [-0.4, -0.2) is 54.4 Å². The molecule has 0 spiro atoms. The molecule has 5 nitrogen and oxygen atoms in total. The molecule has 112 valence electrons. The first-order valence-electron chi connectivity index (χ1n) is 7.41. The number of fused-ring (bicyclic) bond motifs is 1. The number of hydrogen-bond donors (Lipinski definition) is 2. The molecule has 2 heterocycles. The number of benzene rings is 1. The molecule has 1 fully saturated rings. The Morgan fingerprint density at radius 1 is 1.24 bits per heavy atom. The molecule has 2 aromatic rings. The number of rotatable bonds is 5. The monoisotopic (exact) mass is 287 g/mol. The highest BCUT2D eigenvalue weighted by Gasteiger charge is 2.09. The first-order chi connectivity index (χ1) is 10.3. The van der Waals surface area contributed by atoms with E-state index >= 15 is 0 Å². The van der Waals surface area contributed by atoms with Crippen LogP contribution in [0.4, 0.5) is 0 Å². The minimum Gasteiger partial charge on any atom is -0.506 e. The van der Waals surface area contributed by atoms with Crippen molar-refractivity contribution in [3.05, 3.63) is 36.0 Å². The summed E-state index contributed by atoms with van der Waals surface area (Å²) in [6.07, 6.45) is 1.71. The Morgan fingerprint density at radius 3 is 2.95 bits per heavy atom. The van der Waals surface area contributed by atoms with Gasteiger partial charge in [0.25, 0.3) is 0 Å². The maximum atomic E-state index is 9.84. The van der Waals surface area contributed by atoms with Crippen LogP contribution in [0.2, 0.25) is 0 Å². The van der Waals surface area contributed by atoms with Crippen LogP contribution >= 0.6 is 0 Å². The fourth-order valence-electron chi connectivity index (χ4n) is 2.66. The van der Waals surface area contributed by atoms with E-state index < -0.39 is 0 Å². The summed E-state index contributed by atoms with van der Waals surface area (Å²) in [5.41, 5.74) is 1.84. The van der Waals surface area contributed by atoms with Crippen LogP contribution in [0, 0.1) is 0 Å². The number of nitrogens with zero attached hydrogens (tertiary/aromatic N) is 2. The number of aromatic nitrogens is 1. The van der Waals surface area contributed by atoms with Crippen molar-refractivity contribution in [2.75, 3.05) is 39.4 Å². The third-order valence-corrected chi connectivity index (χ3v) is 3.86. The van der Waals surface area contributed by atoms with Crippen molar-refractivity contribution >= 4 is 10.9 Å². The number of ether oxygens (including phenoxy) is 1. The normalized spacial score (nSPS) is 16.4. The average molecular weight is 287 g/mol. The highest BCUT2D eigenvalue weighted by atomic mass is 16.5. The zero-order valence-electron chi connectivity index (χ0n) is 12.1. The Hall–Kier alpha value is -1.69. The summed E-state index contributed by atoms with van der Waals surface area (Å²) in [7, 11) is 0. The molecule has 2 N–H and O–H groups in total. The molecule has 1 aromatic carbocycles. The zero-order valence-corrected chi connectivity index (χ0v) is 12.1. The van der Waals surface area contributed by atoms with Crippen molar-refractivity contribution in [3.63, 3.8) is 0 Å². The second-order valence-corrected chi connectivity index (χ2v) is 5.27. The van der Waals surface area contributed by atoms with Gasteiger partial charge < -0.3 is 15.2 Å². The van der Waals surface area contributed by atoms with E-state index in [0.29, 0.717) is 5.52 Å². The maximum absolute atomic E-state index is 9.84. The SMILES string of the molecule is Oc1ccc(CNCCN2CCOCC2)c2cccnc12. The van der Waals surface area contributed by atoms with Gasteiger partial charge in [0.05, 0.1) is 13.2 Å². The van der Waals surface area contributed by atoms with Gasteiger partial charge in [-0.3, -0.25) is 9.88 Å². The number of aromatic hydroxyl groups is 1. The van der Waals surface area contributed by atoms with Crippen molar-refractivity contribution < 1.29 is 9.84 Å². The van der Waals surface area contributed by atoms with Crippen molar-refractivity contribution in [1.82, 2.24) is 15.2 Å². The molecule has 0 unspecified atom stereocenters. The molecule has 21 heavy (non-hydrogen) atoms. The van der Waals surface area contributed by atoms with Gasteiger partial charge in [0.15, 0.2) is 0 Å². The fourth-order valence-corrected chi connectivity index (χ4v) is 2.66. The maximum Gasteiger partial charge on any atom is 0.141 e. The van der Waals surface area contributed by atoms with E-state index in [-0.39, 0.29) is 5.75 Å². The molecule has 5 heteroatoms. The first kappa shape index (κ1) is 14.3. The summed E-state index contributed by atoms with van der Waals surface area (Å²) in [5.74, 6) is 0.239. The number of phenols is 1. The van der Waals surface area contributed by atoms with Crippen LogP contribution in [-0.2, 0) is 11.3 Å². The van der Waals surface area contributed by atoms with E-state index in [2.05, 4.69) is 15.2 Å². The Kier molecular flexibility index (Phi) is 4.65. The molecule has 0 amide bonds.